The van der Waals surface area contributed by atoms with E-state index in [4.69, 9.17) is 16.3 Å². The summed E-state index contributed by atoms with van der Waals surface area (Å²) in [7, 11) is 1.68. The average Bonchev–Trinajstić information content (AvgIpc) is 2.94. The van der Waals surface area contributed by atoms with Crippen molar-refractivity contribution in [1.29, 1.82) is 0 Å². The van der Waals surface area contributed by atoms with Crippen LogP contribution in [0, 0.1) is 0 Å². The van der Waals surface area contributed by atoms with Crippen LogP contribution in [-0.2, 0) is 0 Å². The number of halogens is 1. The molecule has 0 aliphatic carbocycles. The minimum atomic E-state index is -0.0973. The van der Waals surface area contributed by atoms with E-state index in [1.807, 2.05) is 11.4 Å². The number of thiophene rings is 1. The van der Waals surface area contributed by atoms with Crippen molar-refractivity contribution in [2.24, 2.45) is 0 Å². The van der Waals surface area contributed by atoms with E-state index in [1.165, 1.54) is 5.56 Å². The van der Waals surface area contributed by atoms with E-state index in [-0.39, 0.29) is 5.38 Å². The molecule has 3 heteroatoms. The van der Waals surface area contributed by atoms with E-state index in [2.05, 4.69) is 38.1 Å². The third-order valence-electron chi connectivity index (χ3n) is 3.49. The van der Waals surface area contributed by atoms with Gasteiger partial charge in [-0.2, -0.15) is 0 Å². The molecule has 0 aliphatic heterocycles. The van der Waals surface area contributed by atoms with E-state index in [1.54, 1.807) is 18.4 Å². The molecule has 1 aromatic heterocycles. The maximum atomic E-state index is 6.52. The third kappa shape index (κ3) is 3.31. The molecule has 0 saturated heterocycles. The predicted octanol–water partition coefficient (Wildman–Crippen LogP) is 5.60. The molecule has 0 radical (unpaired) electrons. The van der Waals surface area contributed by atoms with E-state index >= 15 is 0 Å². The van der Waals surface area contributed by atoms with Crippen LogP contribution in [-0.4, -0.2) is 7.11 Å². The number of alkyl halides is 1. The van der Waals surface area contributed by atoms with Crippen molar-refractivity contribution in [3.63, 3.8) is 0 Å². The fourth-order valence-corrected chi connectivity index (χ4v) is 3.19. The Balaban J connectivity index is 2.17. The topological polar surface area (TPSA) is 9.23 Å². The Kier molecular flexibility index (Phi) is 4.89. The minimum Gasteiger partial charge on any atom is -0.496 e. The van der Waals surface area contributed by atoms with Gasteiger partial charge in [-0.3, -0.25) is 0 Å². The Morgan fingerprint density at radius 1 is 1.21 bits per heavy atom. The second-order valence-electron chi connectivity index (χ2n) is 4.73. The van der Waals surface area contributed by atoms with Crippen LogP contribution in [0.2, 0.25) is 0 Å². The molecular formula is C16H19ClOS. The van der Waals surface area contributed by atoms with E-state index in [0.717, 1.165) is 22.6 Å². The molecule has 2 atom stereocenters. The molecular weight excluding hydrogens is 276 g/mol. The Morgan fingerprint density at radius 3 is 2.37 bits per heavy atom. The number of ether oxygens (including phenoxy) is 1. The fourth-order valence-electron chi connectivity index (χ4n) is 1.97. The normalized spacial score (nSPS) is 14.1. The molecule has 1 aromatic carbocycles. The molecule has 0 aliphatic rings. The van der Waals surface area contributed by atoms with Gasteiger partial charge in [-0.1, -0.05) is 38.1 Å². The van der Waals surface area contributed by atoms with Crippen LogP contribution >= 0.6 is 22.9 Å². The Morgan fingerprint density at radius 2 is 1.84 bits per heavy atom. The lowest BCUT2D eigenvalue weighted by Gasteiger charge is -2.12. The zero-order valence-corrected chi connectivity index (χ0v) is 13.1. The Labute approximate surface area is 124 Å². The molecule has 0 spiro atoms. The van der Waals surface area contributed by atoms with E-state index in [9.17, 15) is 0 Å². The Bertz CT molecular complexity index is 518. The number of hydrogen-bond acceptors (Lipinski definition) is 2. The first-order valence-electron chi connectivity index (χ1n) is 6.52. The first-order valence-corrected chi connectivity index (χ1v) is 7.83. The highest BCUT2D eigenvalue weighted by atomic mass is 35.5. The summed E-state index contributed by atoms with van der Waals surface area (Å²) in [5.41, 5.74) is 2.51. The molecule has 0 N–H and O–H groups in total. The summed E-state index contributed by atoms with van der Waals surface area (Å²) in [5, 5.41) is 1.89. The van der Waals surface area contributed by atoms with Crippen molar-refractivity contribution in [3.05, 3.63) is 51.7 Å². The maximum Gasteiger partial charge on any atom is 0.129 e. The number of rotatable bonds is 5. The first-order chi connectivity index (χ1) is 9.15. The van der Waals surface area contributed by atoms with Gasteiger partial charge in [0, 0.05) is 10.3 Å². The largest absolute Gasteiger partial charge is 0.496 e. The van der Waals surface area contributed by atoms with Gasteiger partial charge >= 0.3 is 0 Å². The SMILES string of the molecule is CCC(C)c1ccc(C(Cl)c2cc(OC)cs2)cc1. The van der Waals surface area contributed by atoms with Crippen LogP contribution in [0.15, 0.2) is 35.7 Å². The standard InChI is InChI=1S/C16H19ClOS/c1-4-11(2)12-5-7-13(8-6-12)16(17)15-9-14(18-3)10-19-15/h5-11,16H,4H2,1-3H3. The van der Waals surface area contributed by atoms with Gasteiger partial charge in [-0.05, 0) is 29.5 Å². The van der Waals surface area contributed by atoms with Crippen molar-refractivity contribution in [3.8, 4) is 5.75 Å². The van der Waals surface area contributed by atoms with Gasteiger partial charge in [0.15, 0.2) is 0 Å². The molecule has 0 bridgehead atoms. The molecule has 2 rings (SSSR count). The van der Waals surface area contributed by atoms with Gasteiger partial charge < -0.3 is 4.74 Å². The molecule has 0 fully saturated rings. The highest BCUT2D eigenvalue weighted by molar-refractivity contribution is 7.10. The average molecular weight is 295 g/mol. The molecule has 102 valence electrons. The molecule has 2 aromatic rings. The second kappa shape index (κ2) is 6.44. The third-order valence-corrected chi connectivity index (χ3v) is 5.08. The monoisotopic (exact) mass is 294 g/mol. The fraction of sp³-hybridized carbons (Fsp3) is 0.375. The van der Waals surface area contributed by atoms with Crippen LogP contribution < -0.4 is 4.74 Å². The molecule has 0 amide bonds. The van der Waals surface area contributed by atoms with Crippen LogP contribution in [0.25, 0.3) is 0 Å². The zero-order chi connectivity index (χ0) is 13.8. The molecule has 1 nitrogen and oxygen atoms in total. The van der Waals surface area contributed by atoms with Gasteiger partial charge in [-0.15, -0.1) is 22.9 Å². The van der Waals surface area contributed by atoms with Gasteiger partial charge in [0.2, 0.25) is 0 Å². The van der Waals surface area contributed by atoms with Crippen molar-refractivity contribution < 1.29 is 4.74 Å². The van der Waals surface area contributed by atoms with Crippen molar-refractivity contribution in [2.45, 2.75) is 31.6 Å². The van der Waals surface area contributed by atoms with Gasteiger partial charge in [0.1, 0.15) is 5.75 Å². The van der Waals surface area contributed by atoms with Crippen molar-refractivity contribution in [1.82, 2.24) is 0 Å². The van der Waals surface area contributed by atoms with Crippen molar-refractivity contribution >= 4 is 22.9 Å². The summed E-state index contributed by atoms with van der Waals surface area (Å²) in [6.07, 6.45) is 1.16. The lowest BCUT2D eigenvalue weighted by molar-refractivity contribution is 0.416. The minimum absolute atomic E-state index is 0.0973. The lowest BCUT2D eigenvalue weighted by atomic mass is 9.97. The number of benzene rings is 1. The highest BCUT2D eigenvalue weighted by Gasteiger charge is 2.14. The first kappa shape index (κ1) is 14.4. The summed E-state index contributed by atoms with van der Waals surface area (Å²) in [4.78, 5) is 1.12. The quantitative estimate of drug-likeness (QED) is 0.652. The van der Waals surface area contributed by atoms with Gasteiger partial charge in [0.25, 0.3) is 0 Å². The lowest BCUT2D eigenvalue weighted by Crippen LogP contribution is -1.94. The smallest absolute Gasteiger partial charge is 0.129 e. The van der Waals surface area contributed by atoms with Crippen LogP contribution in [0.5, 0.6) is 5.75 Å². The van der Waals surface area contributed by atoms with Crippen LogP contribution in [0.3, 0.4) is 0 Å². The zero-order valence-electron chi connectivity index (χ0n) is 11.5. The predicted molar refractivity (Wildman–Crippen MR) is 83.7 cm³/mol. The summed E-state index contributed by atoms with van der Waals surface area (Å²) >= 11 is 8.16. The van der Waals surface area contributed by atoms with Gasteiger partial charge in [0.05, 0.1) is 12.5 Å². The summed E-state index contributed by atoms with van der Waals surface area (Å²) in [6.45, 7) is 4.46. The van der Waals surface area contributed by atoms with Crippen molar-refractivity contribution in [2.75, 3.05) is 7.11 Å². The van der Waals surface area contributed by atoms with E-state index in [0.29, 0.717) is 5.92 Å². The van der Waals surface area contributed by atoms with Crippen LogP contribution in [0.4, 0.5) is 0 Å². The number of methoxy groups -OCH3 is 1. The molecule has 0 saturated carbocycles. The summed E-state index contributed by atoms with van der Waals surface area (Å²) in [5.74, 6) is 1.48. The second-order valence-corrected chi connectivity index (χ2v) is 6.11. The highest BCUT2D eigenvalue weighted by Crippen LogP contribution is 2.36. The Hall–Kier alpha value is -0.990. The summed E-state index contributed by atoms with van der Waals surface area (Å²) in [6, 6.07) is 10.6. The summed E-state index contributed by atoms with van der Waals surface area (Å²) < 4.78 is 5.20. The van der Waals surface area contributed by atoms with Crippen LogP contribution in [0.1, 0.15) is 47.6 Å². The number of hydrogen-bond donors (Lipinski definition) is 0. The van der Waals surface area contributed by atoms with E-state index < -0.39 is 0 Å². The molecule has 19 heavy (non-hydrogen) atoms. The molecule has 2 unspecified atom stereocenters. The molecule has 1 heterocycles. The maximum absolute atomic E-state index is 6.52. The van der Waals surface area contributed by atoms with Gasteiger partial charge in [-0.25, -0.2) is 0 Å².